The van der Waals surface area contributed by atoms with Crippen LogP contribution in [0.4, 0.5) is 11.4 Å². The number of unbranched alkanes of at least 4 members (excludes halogenated alkanes) is 10. The van der Waals surface area contributed by atoms with Gasteiger partial charge in [0, 0.05) is 96.0 Å². The Bertz CT molecular complexity index is 3940. The van der Waals surface area contributed by atoms with Crippen molar-refractivity contribution >= 4 is 44.7 Å². The fourth-order valence-electron chi connectivity index (χ4n) is 14.0. The summed E-state index contributed by atoms with van der Waals surface area (Å²) in [6.45, 7) is 28.6. The van der Waals surface area contributed by atoms with Crippen LogP contribution >= 0.6 is 0 Å². The first kappa shape index (κ1) is 71.7. The number of aryl methyl sites for hydroxylation is 4. The smallest absolute Gasteiger partial charge is 0.294 e. The Labute approximate surface area is 567 Å². The summed E-state index contributed by atoms with van der Waals surface area (Å²) in [4.78, 5) is 35.6. The molecule has 0 bridgehead atoms. The van der Waals surface area contributed by atoms with Gasteiger partial charge < -0.3 is 24.6 Å². The van der Waals surface area contributed by atoms with E-state index in [4.69, 9.17) is 19.6 Å². The summed E-state index contributed by atoms with van der Waals surface area (Å²) >= 11 is 0. The highest BCUT2D eigenvalue weighted by Gasteiger charge is 2.44. The van der Waals surface area contributed by atoms with Crippen LogP contribution in [0.25, 0.3) is 16.9 Å². The third kappa shape index (κ3) is 17.5. The van der Waals surface area contributed by atoms with E-state index in [1.54, 1.807) is 12.1 Å². The standard InChI is InChI=1S/C80H105N7O7S/c1-12-17-26-50-85-70-45-33-57(6)53-68(70)79(8,9)72(85)47-37-60-30-29-31-61(77(60)94-65-41-43-66(44-42-65)95(90,91)92)38-48-73-80(10,11)69-54-58(7)34-46-71(69)86(73)51-27-23-24-32-74(88)81-49-25-21-19-18-20-22-28-52-93-64-39-35-59(36-40-64)76-67(56-75(89)84(15-4)16-5)78-82-62(13-2)55-63(14-3)87(78)83-76/h33-48,53-55H,12-32,49-52,56H2,1-11H3,(H-,81,88,90,91,92)/p+1. The molecule has 4 heterocycles. The summed E-state index contributed by atoms with van der Waals surface area (Å²) in [5.41, 5.74) is 17.2. The highest BCUT2D eigenvalue weighted by Crippen LogP contribution is 2.49. The van der Waals surface area contributed by atoms with Crippen LogP contribution in [0.2, 0.25) is 0 Å². The molecule has 0 fully saturated rings. The van der Waals surface area contributed by atoms with Crippen molar-refractivity contribution in [2.75, 3.05) is 44.2 Å². The van der Waals surface area contributed by atoms with Gasteiger partial charge >= 0.3 is 0 Å². The van der Waals surface area contributed by atoms with Gasteiger partial charge in [0.1, 0.15) is 23.8 Å². The van der Waals surface area contributed by atoms with E-state index >= 15 is 0 Å². The number of anilines is 1. The number of rotatable bonds is 34. The number of amides is 2. The van der Waals surface area contributed by atoms with Crippen LogP contribution in [0.5, 0.6) is 11.5 Å². The molecular weight excluding hydrogens is 1200 g/mol. The van der Waals surface area contributed by atoms with Gasteiger partial charge in [0.25, 0.3) is 10.1 Å². The van der Waals surface area contributed by atoms with Gasteiger partial charge in [0.05, 0.1) is 29.0 Å². The Kier molecular flexibility index (Phi) is 24.8. The fraction of sp³-hybridized carbons (Fsp3) is 0.487. The SMILES string of the molecule is CCCCC[N+]1=C(C=CC2=C(Oc3ccc(S(=O)(=O)O)cc3)C(=CC=C3N(CCCCCC(=O)NCCCCCCCCCOc4ccc(-c5nn6c(CC)cc(CC)nc6c5CC(=O)N(CC)CC)cc4)c4ccc(C)cc4C3(C)C)CCC2)C(C)(C)c2cc(C)ccc21. The molecule has 95 heavy (non-hydrogen) atoms. The number of aromatic nitrogens is 3. The maximum Gasteiger partial charge on any atom is 0.294 e. The lowest BCUT2D eigenvalue weighted by atomic mass is 9.80. The van der Waals surface area contributed by atoms with Gasteiger partial charge in [0.2, 0.25) is 17.5 Å². The lowest BCUT2D eigenvalue weighted by molar-refractivity contribution is -0.438. The molecular formula is C80H106N7O7S+. The number of benzene rings is 4. The van der Waals surface area contributed by atoms with Crippen LogP contribution < -0.4 is 19.7 Å². The highest BCUT2D eigenvalue weighted by atomic mass is 32.2. The minimum absolute atomic E-state index is 0.0805. The van der Waals surface area contributed by atoms with Crippen LogP contribution in [-0.4, -0.2) is 93.9 Å². The van der Waals surface area contributed by atoms with Gasteiger partial charge in [-0.15, -0.1) is 0 Å². The molecule has 4 aromatic carbocycles. The Balaban J connectivity index is 0.753. The van der Waals surface area contributed by atoms with Crippen LogP contribution in [0, 0.1) is 13.8 Å². The van der Waals surface area contributed by atoms with Gasteiger partial charge in [-0.3, -0.25) is 14.1 Å². The quantitative estimate of drug-likeness (QED) is 0.0226. The first-order valence-electron chi connectivity index (χ1n) is 35.6. The summed E-state index contributed by atoms with van der Waals surface area (Å²) in [7, 11) is -4.38. The molecule has 14 nitrogen and oxygen atoms in total. The molecule has 2 aromatic heterocycles. The molecule has 2 aliphatic heterocycles. The number of hydrogen-bond donors (Lipinski definition) is 2. The number of likely N-dealkylation sites (N-methyl/N-ethyl adjacent to an activating group) is 1. The Morgan fingerprint density at radius 2 is 1.41 bits per heavy atom. The van der Waals surface area contributed by atoms with Gasteiger partial charge in [-0.1, -0.05) is 115 Å². The van der Waals surface area contributed by atoms with Gasteiger partial charge in [-0.25, -0.2) is 9.50 Å². The second-order valence-electron chi connectivity index (χ2n) is 27.3. The van der Waals surface area contributed by atoms with E-state index in [9.17, 15) is 22.6 Å². The average molecular weight is 1310 g/mol. The zero-order chi connectivity index (χ0) is 67.9. The number of carbonyl (C=O) groups is 2. The monoisotopic (exact) mass is 1310 g/mol. The molecule has 0 saturated carbocycles. The molecule has 0 radical (unpaired) electrons. The summed E-state index contributed by atoms with van der Waals surface area (Å²) in [5.74, 6) is 2.29. The number of carbonyl (C=O) groups excluding carboxylic acids is 2. The number of nitrogens with zero attached hydrogens (tertiary/aromatic N) is 6. The molecule has 0 saturated heterocycles. The molecule has 0 spiro atoms. The van der Waals surface area contributed by atoms with Crippen molar-refractivity contribution in [1.29, 1.82) is 0 Å². The van der Waals surface area contributed by atoms with E-state index in [-0.39, 0.29) is 34.0 Å². The molecule has 1 aliphatic carbocycles. The molecule has 9 rings (SSSR count). The highest BCUT2D eigenvalue weighted by molar-refractivity contribution is 7.85. The Hall–Kier alpha value is -7.62. The van der Waals surface area contributed by atoms with E-state index in [0.717, 1.165) is 179 Å². The van der Waals surface area contributed by atoms with E-state index in [0.29, 0.717) is 38.4 Å². The van der Waals surface area contributed by atoms with Gasteiger partial charge in [0.15, 0.2) is 11.4 Å². The van der Waals surface area contributed by atoms with Crippen molar-refractivity contribution in [3.8, 4) is 22.8 Å². The van der Waals surface area contributed by atoms with E-state index in [2.05, 4.69) is 144 Å². The molecule has 0 atom stereocenters. The van der Waals surface area contributed by atoms with E-state index in [1.807, 2.05) is 47.5 Å². The normalized spacial score (nSPS) is 16.0. The van der Waals surface area contributed by atoms with Crippen LogP contribution in [-0.2, 0) is 49.8 Å². The molecule has 15 heteroatoms. The molecule has 2 amide bonds. The first-order chi connectivity index (χ1) is 45.7. The van der Waals surface area contributed by atoms with Crippen molar-refractivity contribution in [1.82, 2.24) is 24.8 Å². The lowest BCUT2D eigenvalue weighted by Crippen LogP contribution is -2.31. The summed E-state index contributed by atoms with van der Waals surface area (Å²) in [6, 6.07) is 29.8. The number of hydrogen-bond acceptors (Lipinski definition) is 9. The van der Waals surface area contributed by atoms with Crippen molar-refractivity contribution in [3.63, 3.8) is 0 Å². The predicted octanol–water partition coefficient (Wildman–Crippen LogP) is 17.5. The van der Waals surface area contributed by atoms with Crippen molar-refractivity contribution < 1.29 is 36.6 Å². The summed E-state index contributed by atoms with van der Waals surface area (Å²) < 4.78 is 51.4. The molecule has 6 aromatic rings. The Morgan fingerprint density at radius 1 is 0.726 bits per heavy atom. The molecule has 0 unspecified atom stereocenters. The van der Waals surface area contributed by atoms with Crippen LogP contribution in [0.3, 0.4) is 0 Å². The molecule has 3 aliphatic rings. The average Bonchev–Trinajstić information content (AvgIpc) is 1.62. The minimum Gasteiger partial charge on any atom is -0.494 e. The van der Waals surface area contributed by atoms with Crippen LogP contribution in [0.1, 0.15) is 211 Å². The lowest BCUT2D eigenvalue weighted by Gasteiger charge is -2.27. The minimum atomic E-state index is -4.38. The van der Waals surface area contributed by atoms with Gasteiger partial charge in [-0.2, -0.15) is 18.1 Å². The zero-order valence-corrected chi connectivity index (χ0v) is 59.7. The molecule has 2 N–H and O–H groups in total. The molecule has 508 valence electrons. The number of fused-ring (bicyclic) bond motifs is 3. The number of ether oxygens (including phenoxy) is 2. The van der Waals surface area contributed by atoms with Crippen LogP contribution in [0.15, 0.2) is 143 Å². The van der Waals surface area contributed by atoms with E-state index < -0.39 is 10.1 Å². The predicted molar refractivity (Wildman–Crippen MR) is 386 cm³/mol. The summed E-state index contributed by atoms with van der Waals surface area (Å²) in [5, 5.41) is 8.24. The summed E-state index contributed by atoms with van der Waals surface area (Å²) in [6.07, 6.45) is 27.8. The third-order valence-electron chi connectivity index (χ3n) is 19.6. The van der Waals surface area contributed by atoms with Crippen molar-refractivity contribution in [2.45, 2.75) is 220 Å². The second-order valence-corrected chi connectivity index (χ2v) is 28.7. The first-order valence-corrected chi connectivity index (χ1v) is 37.1. The second kappa shape index (κ2) is 32.9. The maximum atomic E-state index is 13.4. The largest absolute Gasteiger partial charge is 0.494 e. The third-order valence-corrected chi connectivity index (χ3v) is 20.5. The van der Waals surface area contributed by atoms with Gasteiger partial charge in [-0.05, 0) is 201 Å². The Morgan fingerprint density at radius 3 is 2.11 bits per heavy atom. The topological polar surface area (TPSA) is 159 Å². The van der Waals surface area contributed by atoms with Crippen molar-refractivity contribution in [3.05, 3.63) is 177 Å². The number of nitrogens with one attached hydrogen (secondary N) is 1. The van der Waals surface area contributed by atoms with E-state index in [1.165, 1.54) is 63.6 Å². The fourth-order valence-corrected chi connectivity index (χ4v) is 14.5. The zero-order valence-electron chi connectivity index (χ0n) is 58.8. The number of allylic oxidation sites excluding steroid dienone is 7. The van der Waals surface area contributed by atoms with Crippen molar-refractivity contribution in [2.24, 2.45) is 0 Å². The maximum absolute atomic E-state index is 13.4.